The molecule has 0 radical (unpaired) electrons. The highest BCUT2D eigenvalue weighted by atomic mass is 16.5. The third-order valence-electron chi connectivity index (χ3n) is 2.02. The summed E-state index contributed by atoms with van der Waals surface area (Å²) < 4.78 is 5.16. The predicted molar refractivity (Wildman–Crippen MR) is 63.8 cm³/mol. The first kappa shape index (κ1) is 12.7. The first-order valence-corrected chi connectivity index (χ1v) is 5.35. The van der Waals surface area contributed by atoms with Gasteiger partial charge in [0.15, 0.2) is 11.6 Å². The fourth-order valence-corrected chi connectivity index (χ4v) is 1.27. The number of nitrogens with one attached hydrogen (secondary N) is 2. The predicted octanol–water partition coefficient (Wildman–Crippen LogP) is 0.472. The lowest BCUT2D eigenvalue weighted by molar-refractivity contribution is 0.192. The quantitative estimate of drug-likeness (QED) is 0.589. The van der Waals surface area contributed by atoms with Gasteiger partial charge < -0.3 is 20.5 Å². The maximum atomic E-state index is 9.04. The van der Waals surface area contributed by atoms with Crippen molar-refractivity contribution in [2.24, 2.45) is 0 Å². The van der Waals surface area contributed by atoms with E-state index in [2.05, 4.69) is 15.6 Å². The van der Waals surface area contributed by atoms with Gasteiger partial charge in [-0.15, -0.1) is 0 Å². The third-order valence-corrected chi connectivity index (χ3v) is 2.02. The molecule has 16 heavy (non-hydrogen) atoms. The number of hydrogen-bond acceptors (Lipinski definition) is 5. The fourth-order valence-electron chi connectivity index (χ4n) is 1.27. The van der Waals surface area contributed by atoms with Gasteiger partial charge in [-0.05, 0) is 19.1 Å². The Morgan fingerprint density at radius 2 is 2.31 bits per heavy atom. The van der Waals surface area contributed by atoms with Crippen LogP contribution in [0.4, 0.5) is 5.82 Å². The van der Waals surface area contributed by atoms with E-state index in [-0.39, 0.29) is 6.10 Å². The number of methoxy groups -OCH3 is 1. The van der Waals surface area contributed by atoms with Gasteiger partial charge in [-0.1, -0.05) is 0 Å². The molecule has 0 saturated heterocycles. The van der Waals surface area contributed by atoms with E-state index in [4.69, 9.17) is 9.84 Å². The number of ether oxygens (including phenoxy) is 1. The van der Waals surface area contributed by atoms with Crippen molar-refractivity contribution in [1.82, 2.24) is 10.3 Å². The molecule has 1 unspecified atom stereocenters. The second-order valence-electron chi connectivity index (χ2n) is 3.53. The van der Waals surface area contributed by atoms with Crippen molar-refractivity contribution in [2.75, 3.05) is 32.1 Å². The molecule has 0 aliphatic rings. The van der Waals surface area contributed by atoms with Crippen LogP contribution in [0.25, 0.3) is 0 Å². The highest BCUT2D eigenvalue weighted by Gasteiger charge is 2.01. The number of anilines is 1. The molecule has 0 saturated carbocycles. The van der Waals surface area contributed by atoms with Crippen LogP contribution in [0.3, 0.4) is 0 Å². The molecule has 90 valence electrons. The maximum absolute atomic E-state index is 9.04. The second kappa shape index (κ2) is 7.03. The first-order chi connectivity index (χ1) is 7.74. The Labute approximate surface area is 95.8 Å². The summed E-state index contributed by atoms with van der Waals surface area (Å²) in [4.78, 5) is 4.17. The maximum Gasteiger partial charge on any atom is 0.168 e. The van der Waals surface area contributed by atoms with E-state index in [1.165, 1.54) is 0 Å². The lowest BCUT2D eigenvalue weighted by Gasteiger charge is -2.10. The summed E-state index contributed by atoms with van der Waals surface area (Å²) in [5, 5.41) is 15.3. The zero-order chi connectivity index (χ0) is 11.8. The summed E-state index contributed by atoms with van der Waals surface area (Å²) >= 11 is 0. The van der Waals surface area contributed by atoms with Crippen LogP contribution in [0, 0.1) is 0 Å². The molecule has 0 spiro atoms. The van der Waals surface area contributed by atoms with Gasteiger partial charge in [0.1, 0.15) is 0 Å². The second-order valence-corrected chi connectivity index (χ2v) is 3.53. The molecule has 1 atom stereocenters. The van der Waals surface area contributed by atoms with E-state index in [9.17, 15) is 0 Å². The lowest BCUT2D eigenvalue weighted by Crippen LogP contribution is -2.29. The Balaban J connectivity index is 2.26. The van der Waals surface area contributed by atoms with E-state index in [0.29, 0.717) is 6.54 Å². The van der Waals surface area contributed by atoms with Gasteiger partial charge in [-0.2, -0.15) is 0 Å². The normalized spacial score (nSPS) is 12.2. The molecule has 5 heteroatoms. The Bertz CT molecular complexity index is 305. The van der Waals surface area contributed by atoms with Gasteiger partial charge in [-0.25, -0.2) is 4.98 Å². The molecule has 5 nitrogen and oxygen atoms in total. The van der Waals surface area contributed by atoms with Crippen molar-refractivity contribution in [3.8, 4) is 5.75 Å². The number of rotatable bonds is 7. The van der Waals surface area contributed by atoms with Crippen LogP contribution >= 0.6 is 0 Å². The highest BCUT2D eigenvalue weighted by molar-refractivity contribution is 5.49. The first-order valence-electron chi connectivity index (χ1n) is 5.35. The fraction of sp³-hybridized carbons (Fsp3) is 0.545. The Morgan fingerprint density at radius 3 is 3.00 bits per heavy atom. The average molecular weight is 225 g/mol. The molecule has 1 heterocycles. The largest absolute Gasteiger partial charge is 0.493 e. The SMILES string of the molecule is COc1cccnc1NCCNCC(C)O. The molecule has 3 N–H and O–H groups in total. The number of hydrogen-bond donors (Lipinski definition) is 3. The highest BCUT2D eigenvalue weighted by Crippen LogP contribution is 2.19. The summed E-state index contributed by atoms with van der Waals surface area (Å²) in [6, 6.07) is 3.69. The summed E-state index contributed by atoms with van der Waals surface area (Å²) in [5.74, 6) is 1.47. The summed E-state index contributed by atoms with van der Waals surface area (Å²) in [6.45, 7) is 3.86. The molecule has 0 aromatic carbocycles. The van der Waals surface area contributed by atoms with Gasteiger partial charge in [0.05, 0.1) is 13.2 Å². The van der Waals surface area contributed by atoms with Crippen molar-refractivity contribution in [2.45, 2.75) is 13.0 Å². The molecule has 0 bridgehead atoms. The van der Waals surface area contributed by atoms with Gasteiger partial charge in [0, 0.05) is 25.8 Å². The van der Waals surface area contributed by atoms with Crippen LogP contribution in [0.15, 0.2) is 18.3 Å². The van der Waals surface area contributed by atoms with Crippen LogP contribution in [0.2, 0.25) is 0 Å². The van der Waals surface area contributed by atoms with Crippen LogP contribution in [0.5, 0.6) is 5.75 Å². The Kier molecular flexibility index (Phi) is 5.60. The number of aliphatic hydroxyl groups excluding tert-OH is 1. The number of aliphatic hydroxyl groups is 1. The van der Waals surface area contributed by atoms with Crippen molar-refractivity contribution >= 4 is 5.82 Å². The monoisotopic (exact) mass is 225 g/mol. The van der Waals surface area contributed by atoms with Crippen LogP contribution in [0.1, 0.15) is 6.92 Å². The van der Waals surface area contributed by atoms with E-state index in [1.807, 2.05) is 12.1 Å². The van der Waals surface area contributed by atoms with Crippen LogP contribution in [-0.2, 0) is 0 Å². The Morgan fingerprint density at radius 1 is 1.50 bits per heavy atom. The lowest BCUT2D eigenvalue weighted by atomic mass is 10.4. The smallest absolute Gasteiger partial charge is 0.168 e. The standard InChI is InChI=1S/C11H19N3O2/c1-9(15)8-12-6-7-14-11-10(16-2)4-3-5-13-11/h3-5,9,12,15H,6-8H2,1-2H3,(H,13,14). The molecule has 1 aromatic rings. The molecule has 1 rings (SSSR count). The molecule has 1 aromatic heterocycles. The van der Waals surface area contributed by atoms with Crippen LogP contribution < -0.4 is 15.4 Å². The molecular weight excluding hydrogens is 206 g/mol. The zero-order valence-electron chi connectivity index (χ0n) is 9.73. The minimum absolute atomic E-state index is 0.315. The van der Waals surface area contributed by atoms with E-state index >= 15 is 0 Å². The molecule has 0 fully saturated rings. The van der Waals surface area contributed by atoms with Crippen molar-refractivity contribution < 1.29 is 9.84 Å². The summed E-state index contributed by atoms with van der Waals surface area (Å²) in [6.07, 6.45) is 1.40. The topological polar surface area (TPSA) is 66.4 Å². The van der Waals surface area contributed by atoms with Gasteiger partial charge in [0.2, 0.25) is 0 Å². The molecule has 0 amide bonds. The molecule has 0 aliphatic carbocycles. The number of pyridine rings is 1. The van der Waals surface area contributed by atoms with Gasteiger partial charge in [-0.3, -0.25) is 0 Å². The number of aromatic nitrogens is 1. The summed E-state index contributed by atoms with van der Waals surface area (Å²) in [5.41, 5.74) is 0. The Hall–Kier alpha value is -1.33. The molecule has 0 aliphatic heterocycles. The van der Waals surface area contributed by atoms with E-state index in [1.54, 1.807) is 20.2 Å². The van der Waals surface area contributed by atoms with Crippen LogP contribution in [-0.4, -0.2) is 42.9 Å². The zero-order valence-corrected chi connectivity index (χ0v) is 9.73. The third kappa shape index (κ3) is 4.46. The van der Waals surface area contributed by atoms with Gasteiger partial charge in [0.25, 0.3) is 0 Å². The minimum atomic E-state index is -0.315. The van der Waals surface area contributed by atoms with E-state index in [0.717, 1.165) is 24.7 Å². The molecular formula is C11H19N3O2. The van der Waals surface area contributed by atoms with Crippen molar-refractivity contribution in [1.29, 1.82) is 0 Å². The van der Waals surface area contributed by atoms with Gasteiger partial charge >= 0.3 is 0 Å². The number of nitrogens with zero attached hydrogens (tertiary/aromatic N) is 1. The van der Waals surface area contributed by atoms with E-state index < -0.39 is 0 Å². The van der Waals surface area contributed by atoms with Crippen molar-refractivity contribution in [3.05, 3.63) is 18.3 Å². The minimum Gasteiger partial charge on any atom is -0.493 e. The summed E-state index contributed by atoms with van der Waals surface area (Å²) in [7, 11) is 1.62. The van der Waals surface area contributed by atoms with Crippen molar-refractivity contribution in [3.63, 3.8) is 0 Å². The average Bonchev–Trinajstić information content (AvgIpc) is 2.29.